The molecule has 4 N–H and O–H groups in total. The van der Waals surface area contributed by atoms with Crippen molar-refractivity contribution < 1.29 is 0 Å². The van der Waals surface area contributed by atoms with Crippen LogP contribution in [0.5, 0.6) is 0 Å². The van der Waals surface area contributed by atoms with E-state index in [1.807, 2.05) is 26.8 Å². The van der Waals surface area contributed by atoms with E-state index < -0.39 is 0 Å². The second-order valence-corrected chi connectivity index (χ2v) is 6.30. The van der Waals surface area contributed by atoms with Gasteiger partial charge in [-0.3, -0.25) is 4.79 Å². The van der Waals surface area contributed by atoms with Crippen molar-refractivity contribution in [3.8, 4) is 6.07 Å². The summed E-state index contributed by atoms with van der Waals surface area (Å²) in [6.45, 7) is 6.74. The molecule has 0 aliphatic carbocycles. The van der Waals surface area contributed by atoms with Crippen LogP contribution in [-0.4, -0.2) is 9.13 Å². The Morgan fingerprint density at radius 1 is 1.38 bits per heavy atom. The Morgan fingerprint density at radius 2 is 2.00 bits per heavy atom. The van der Waals surface area contributed by atoms with Gasteiger partial charge in [-0.25, -0.2) is 0 Å². The quantitative estimate of drug-likeness (QED) is 0.597. The van der Waals surface area contributed by atoms with Gasteiger partial charge in [-0.2, -0.15) is 10.4 Å². The molecule has 0 aliphatic heterocycles. The van der Waals surface area contributed by atoms with Crippen LogP contribution in [0.3, 0.4) is 0 Å². The molecule has 0 atom stereocenters. The highest BCUT2D eigenvalue weighted by molar-refractivity contribution is 7.10. The molecule has 9 heteroatoms. The average molecular weight is 326 g/mol. The van der Waals surface area contributed by atoms with Crippen molar-refractivity contribution in [3.63, 3.8) is 0 Å². The highest BCUT2D eigenvalue weighted by Crippen LogP contribution is 2.11. The van der Waals surface area contributed by atoms with Crippen LogP contribution in [0.25, 0.3) is 0 Å². The summed E-state index contributed by atoms with van der Waals surface area (Å²) in [5.41, 5.74) is 6.63. The predicted molar refractivity (Wildman–Crippen MR) is 85.9 cm³/mol. The number of thiazole rings is 2. The molecule has 0 spiro atoms. The highest BCUT2D eigenvalue weighted by Gasteiger charge is 2.05. The number of anilines is 1. The molecule has 0 aliphatic rings. The zero-order valence-electron chi connectivity index (χ0n) is 12.4. The number of nitriles is 1. The molecule has 0 amide bonds. The first-order valence-corrected chi connectivity index (χ1v) is 7.76. The average Bonchev–Trinajstić information content (AvgIpc) is 2.88. The van der Waals surface area contributed by atoms with Crippen molar-refractivity contribution in [2.24, 2.45) is 18.0 Å². The van der Waals surface area contributed by atoms with Crippen molar-refractivity contribution in [3.05, 3.63) is 29.9 Å². The number of nitrogens with zero attached hydrogens (tertiary/aromatic N) is 4. The van der Waals surface area contributed by atoms with Gasteiger partial charge in [0.05, 0.1) is 0 Å². The molecular weight excluding hydrogens is 308 g/mol. The summed E-state index contributed by atoms with van der Waals surface area (Å²) in [4.78, 5) is 13.4. The Hall–Kier alpha value is -2.05. The summed E-state index contributed by atoms with van der Waals surface area (Å²) < 4.78 is 3.36. The van der Waals surface area contributed by atoms with E-state index in [2.05, 4.69) is 5.10 Å². The minimum absolute atomic E-state index is 0.164. The fourth-order valence-electron chi connectivity index (χ4n) is 1.61. The van der Waals surface area contributed by atoms with E-state index in [9.17, 15) is 4.79 Å². The number of hydrogen-bond donors (Lipinski definition) is 2. The lowest BCUT2D eigenvalue weighted by Gasteiger charge is -1.97. The van der Waals surface area contributed by atoms with Gasteiger partial charge in [0.2, 0.25) is 4.80 Å². The summed E-state index contributed by atoms with van der Waals surface area (Å²) in [5, 5.41) is 12.0. The minimum Gasteiger partial charge on any atom is -0.383 e. The van der Waals surface area contributed by atoms with Crippen LogP contribution in [0.15, 0.2) is 9.90 Å². The van der Waals surface area contributed by atoms with Gasteiger partial charge < -0.3 is 20.7 Å². The molecule has 2 rings (SSSR count). The highest BCUT2D eigenvalue weighted by atomic mass is 32.1. The monoisotopic (exact) mass is 326 g/mol. The maximum absolute atomic E-state index is 11.1. The van der Waals surface area contributed by atoms with E-state index in [1.165, 1.54) is 22.7 Å². The molecule has 21 heavy (non-hydrogen) atoms. The van der Waals surface area contributed by atoms with Crippen molar-refractivity contribution in [1.82, 2.24) is 9.13 Å². The third-order valence-electron chi connectivity index (χ3n) is 2.98. The smallest absolute Gasteiger partial charge is 0.307 e. The molecule has 2 aromatic heterocycles. The van der Waals surface area contributed by atoms with E-state index in [0.29, 0.717) is 15.5 Å². The minimum atomic E-state index is 0.164. The van der Waals surface area contributed by atoms with Crippen LogP contribution < -0.4 is 21.3 Å². The Labute approximate surface area is 130 Å². The van der Waals surface area contributed by atoms with Gasteiger partial charge in [0.25, 0.3) is 0 Å². The first-order valence-electron chi connectivity index (χ1n) is 6.13. The van der Waals surface area contributed by atoms with Crippen LogP contribution >= 0.6 is 22.7 Å². The lowest BCUT2D eigenvalue weighted by molar-refractivity contribution is 0.720. The molecule has 0 fully saturated rings. The maximum Gasteiger partial charge on any atom is 0.307 e. The van der Waals surface area contributed by atoms with Crippen LogP contribution in [0.4, 0.5) is 5.82 Å². The number of hydrogen-bond acceptors (Lipinski definition) is 7. The number of nitrogens with two attached hydrogens (primary N) is 2. The van der Waals surface area contributed by atoms with Crippen LogP contribution in [0.1, 0.15) is 22.4 Å². The first-order chi connectivity index (χ1) is 9.87. The van der Waals surface area contributed by atoms with Gasteiger partial charge in [-0.05, 0) is 20.8 Å². The summed E-state index contributed by atoms with van der Waals surface area (Å²) in [6.07, 6.45) is 0. The van der Waals surface area contributed by atoms with Crippen LogP contribution in [-0.2, 0) is 13.6 Å². The van der Waals surface area contributed by atoms with Gasteiger partial charge in [-0.1, -0.05) is 22.7 Å². The zero-order chi connectivity index (χ0) is 16.2. The van der Waals surface area contributed by atoms with Gasteiger partial charge >= 0.3 is 4.87 Å². The van der Waals surface area contributed by atoms with Gasteiger partial charge in [-0.15, -0.1) is 0 Å². The maximum atomic E-state index is 11.1. The number of rotatable bonds is 1. The topological polar surface area (TPSA) is 115 Å². The lowest BCUT2D eigenvalue weighted by atomic mass is 10.4. The summed E-state index contributed by atoms with van der Waals surface area (Å²) >= 11 is 2.50. The van der Waals surface area contributed by atoms with Gasteiger partial charge in [0.1, 0.15) is 16.8 Å². The van der Waals surface area contributed by atoms with E-state index in [0.717, 1.165) is 17.1 Å². The molecule has 0 bridgehead atoms. The van der Waals surface area contributed by atoms with Crippen molar-refractivity contribution in [2.75, 3.05) is 5.73 Å². The fourth-order valence-corrected chi connectivity index (χ4v) is 3.27. The van der Waals surface area contributed by atoms with Crippen LogP contribution in [0, 0.1) is 25.2 Å². The summed E-state index contributed by atoms with van der Waals surface area (Å²) in [5.74, 6) is 5.44. The Kier molecular flexibility index (Phi) is 5.75. The van der Waals surface area contributed by atoms with Crippen molar-refractivity contribution in [2.45, 2.75) is 27.3 Å². The number of aryl methyl sites for hydroxylation is 1. The molecule has 2 aromatic rings. The van der Waals surface area contributed by atoms with Crippen molar-refractivity contribution in [1.29, 1.82) is 5.26 Å². The Morgan fingerprint density at radius 3 is 2.24 bits per heavy atom. The third kappa shape index (κ3) is 3.53. The van der Waals surface area contributed by atoms with E-state index >= 15 is 0 Å². The standard InChI is InChI=1S/C7H11NOS.C5H7N5S/c1-4-8-5(2)6(3)10-7(8)9;1-10-4(7)3(2-6)11-5(10)9-8/h4H2,1-3H3;7-8H2,1H3. The summed E-state index contributed by atoms with van der Waals surface area (Å²) in [6, 6.07) is 1.95. The second kappa shape index (κ2) is 7.10. The van der Waals surface area contributed by atoms with E-state index in [4.69, 9.17) is 16.8 Å². The molecule has 0 saturated heterocycles. The number of aromatic nitrogens is 2. The zero-order valence-corrected chi connectivity index (χ0v) is 14.0. The molecule has 0 saturated carbocycles. The molecule has 114 valence electrons. The van der Waals surface area contributed by atoms with E-state index in [1.54, 1.807) is 16.2 Å². The molecule has 0 aromatic carbocycles. The molecule has 2 heterocycles. The second-order valence-electron chi connectivity index (χ2n) is 4.15. The largest absolute Gasteiger partial charge is 0.383 e. The van der Waals surface area contributed by atoms with Gasteiger partial charge in [0, 0.05) is 24.2 Å². The van der Waals surface area contributed by atoms with Crippen molar-refractivity contribution >= 4 is 28.5 Å². The van der Waals surface area contributed by atoms with E-state index in [-0.39, 0.29) is 4.87 Å². The van der Waals surface area contributed by atoms with Crippen LogP contribution in [0.2, 0.25) is 0 Å². The molecular formula is C12H18N6OS2. The SMILES string of the molecule is CCn1c(C)c(C)sc1=O.Cn1c(N)c(C#N)sc1=NN. The fraction of sp³-hybridized carbons (Fsp3) is 0.417. The third-order valence-corrected chi connectivity index (χ3v) is 5.04. The molecule has 0 radical (unpaired) electrons. The number of nitrogen functional groups attached to an aromatic ring is 1. The first kappa shape index (κ1) is 17.0. The normalized spacial score (nSPS) is 10.9. The van der Waals surface area contributed by atoms with Gasteiger partial charge in [0.15, 0.2) is 0 Å². The lowest BCUT2D eigenvalue weighted by Crippen LogP contribution is -2.14. The molecule has 7 nitrogen and oxygen atoms in total. The predicted octanol–water partition coefficient (Wildman–Crippen LogP) is 0.861. The Balaban J connectivity index is 0.000000211. The Bertz CT molecular complexity index is 786. The summed E-state index contributed by atoms with van der Waals surface area (Å²) in [7, 11) is 1.71. The molecule has 0 unspecified atom stereocenters.